The van der Waals surface area contributed by atoms with Crippen molar-refractivity contribution in [2.45, 2.75) is 5.51 Å². The van der Waals surface area contributed by atoms with Crippen LogP contribution in [0.1, 0.15) is 0 Å². The van der Waals surface area contributed by atoms with E-state index in [2.05, 4.69) is 9.17 Å². The minimum Gasteiger partial charge on any atom is -0.375 e. The Kier molecular flexibility index (Phi) is 3.92. The third-order valence-corrected chi connectivity index (χ3v) is 4.31. The minimum atomic E-state index is -5.75. The molecule has 2 aromatic carbocycles. The molecule has 0 fully saturated rings. The monoisotopic (exact) mass is 353 g/mol. The Hall–Kier alpha value is -2.61. The maximum Gasteiger partial charge on any atom is 0.534 e. The molecule has 1 heterocycles. The highest BCUT2D eigenvalue weighted by molar-refractivity contribution is 7.88. The molecule has 0 saturated heterocycles. The first-order valence-electron chi connectivity index (χ1n) is 6.72. The molecule has 0 aliphatic rings. The van der Waals surface area contributed by atoms with Crippen LogP contribution in [0.15, 0.2) is 60.9 Å². The topological polar surface area (TPSA) is 56.3 Å². The van der Waals surface area contributed by atoms with Crippen LogP contribution in [0.5, 0.6) is 5.75 Å². The summed E-state index contributed by atoms with van der Waals surface area (Å²) >= 11 is 0. The highest BCUT2D eigenvalue weighted by Gasteiger charge is 2.48. The van der Waals surface area contributed by atoms with Crippen LogP contribution in [0, 0.1) is 0 Å². The van der Waals surface area contributed by atoms with Gasteiger partial charge in [-0.3, -0.25) is 4.98 Å². The first-order valence-corrected chi connectivity index (χ1v) is 8.13. The highest BCUT2D eigenvalue weighted by atomic mass is 32.2. The molecule has 0 spiro atoms. The van der Waals surface area contributed by atoms with E-state index in [1.54, 1.807) is 42.7 Å². The molecule has 24 heavy (non-hydrogen) atoms. The largest absolute Gasteiger partial charge is 0.534 e. The first-order chi connectivity index (χ1) is 11.3. The zero-order valence-electron chi connectivity index (χ0n) is 12.0. The van der Waals surface area contributed by atoms with E-state index in [0.717, 1.165) is 5.39 Å². The molecule has 0 aliphatic carbocycles. The average molecular weight is 353 g/mol. The summed E-state index contributed by atoms with van der Waals surface area (Å²) in [7, 11) is -5.75. The van der Waals surface area contributed by atoms with E-state index in [-0.39, 0.29) is 11.3 Å². The second-order valence-corrected chi connectivity index (χ2v) is 6.42. The van der Waals surface area contributed by atoms with E-state index in [1.165, 1.54) is 18.2 Å². The molecule has 124 valence electrons. The van der Waals surface area contributed by atoms with Gasteiger partial charge in [0.05, 0.1) is 0 Å². The van der Waals surface area contributed by atoms with Crippen LogP contribution in [0.3, 0.4) is 0 Å². The highest BCUT2D eigenvalue weighted by Crippen LogP contribution is 2.37. The summed E-state index contributed by atoms with van der Waals surface area (Å²) in [5, 5.41) is 1.48. The lowest BCUT2D eigenvalue weighted by atomic mass is 9.99. The van der Waals surface area contributed by atoms with Crippen molar-refractivity contribution in [2.75, 3.05) is 0 Å². The number of nitrogens with zero attached hydrogens (tertiary/aromatic N) is 1. The summed E-state index contributed by atoms with van der Waals surface area (Å²) in [5.74, 6) is -0.390. The van der Waals surface area contributed by atoms with Gasteiger partial charge in [-0.25, -0.2) is 0 Å². The van der Waals surface area contributed by atoms with Crippen LogP contribution in [0.2, 0.25) is 0 Å². The van der Waals surface area contributed by atoms with Crippen molar-refractivity contribution in [3.8, 4) is 16.9 Å². The van der Waals surface area contributed by atoms with Crippen LogP contribution >= 0.6 is 0 Å². The van der Waals surface area contributed by atoms with Gasteiger partial charge in [-0.05, 0) is 23.1 Å². The van der Waals surface area contributed by atoms with Crippen molar-refractivity contribution in [1.82, 2.24) is 4.98 Å². The Labute approximate surface area is 135 Å². The summed E-state index contributed by atoms with van der Waals surface area (Å²) in [4.78, 5) is 3.99. The molecule has 3 aromatic rings. The zero-order valence-corrected chi connectivity index (χ0v) is 12.8. The van der Waals surface area contributed by atoms with Crippen molar-refractivity contribution in [1.29, 1.82) is 0 Å². The Morgan fingerprint density at radius 3 is 2.38 bits per heavy atom. The molecule has 0 radical (unpaired) electrons. The molecule has 0 aliphatic heterocycles. The molecule has 0 bridgehead atoms. The number of hydrogen-bond donors (Lipinski definition) is 0. The Balaban J connectivity index is 2.17. The number of hydrogen-bond acceptors (Lipinski definition) is 4. The van der Waals surface area contributed by atoms with Crippen LogP contribution < -0.4 is 4.18 Å². The lowest BCUT2D eigenvalue weighted by Crippen LogP contribution is -2.28. The molecule has 0 atom stereocenters. The number of rotatable bonds is 3. The van der Waals surface area contributed by atoms with Crippen molar-refractivity contribution in [2.24, 2.45) is 0 Å². The molecule has 0 saturated carbocycles. The molecule has 0 amide bonds. The van der Waals surface area contributed by atoms with Crippen molar-refractivity contribution in [3.05, 3.63) is 60.9 Å². The molecule has 0 N–H and O–H groups in total. The second-order valence-electron chi connectivity index (χ2n) is 4.88. The average Bonchev–Trinajstić information content (AvgIpc) is 2.53. The smallest absolute Gasteiger partial charge is 0.375 e. The zero-order chi connectivity index (χ0) is 17.4. The summed E-state index contributed by atoms with van der Waals surface area (Å²) in [6, 6.07) is 12.5. The summed E-state index contributed by atoms with van der Waals surface area (Å²) in [5.41, 5.74) is -4.71. The molecule has 1 aromatic heterocycles. The summed E-state index contributed by atoms with van der Waals surface area (Å²) < 4.78 is 64.7. The fourth-order valence-corrected chi connectivity index (χ4v) is 2.76. The number of fused-ring (bicyclic) bond motifs is 1. The summed E-state index contributed by atoms with van der Waals surface area (Å²) in [6.45, 7) is 0. The number of alkyl halides is 3. The number of pyridine rings is 1. The lowest BCUT2D eigenvalue weighted by Gasteiger charge is -2.14. The van der Waals surface area contributed by atoms with Crippen LogP contribution in [-0.2, 0) is 10.1 Å². The molecular weight excluding hydrogens is 343 g/mol. The van der Waals surface area contributed by atoms with Crippen molar-refractivity contribution < 1.29 is 25.8 Å². The van der Waals surface area contributed by atoms with Gasteiger partial charge in [-0.1, -0.05) is 36.4 Å². The number of aromatic nitrogens is 1. The quantitative estimate of drug-likeness (QED) is 0.525. The van der Waals surface area contributed by atoms with Gasteiger partial charge >= 0.3 is 15.6 Å². The Morgan fingerprint density at radius 2 is 1.62 bits per heavy atom. The van der Waals surface area contributed by atoms with E-state index in [9.17, 15) is 21.6 Å². The van der Waals surface area contributed by atoms with Gasteiger partial charge < -0.3 is 4.18 Å². The van der Waals surface area contributed by atoms with E-state index < -0.39 is 15.6 Å². The second kappa shape index (κ2) is 5.79. The lowest BCUT2D eigenvalue weighted by molar-refractivity contribution is -0.0499. The SMILES string of the molecule is O=S(=O)(Oc1ccccc1-c1cccc2cnccc12)C(F)(F)F. The van der Waals surface area contributed by atoms with E-state index in [4.69, 9.17) is 0 Å². The van der Waals surface area contributed by atoms with Crippen molar-refractivity contribution >= 4 is 20.9 Å². The van der Waals surface area contributed by atoms with Gasteiger partial charge in [-0.15, -0.1) is 0 Å². The van der Waals surface area contributed by atoms with E-state index in [1.807, 2.05) is 0 Å². The summed E-state index contributed by atoms with van der Waals surface area (Å²) in [6.07, 6.45) is 3.15. The normalized spacial score (nSPS) is 12.3. The Bertz CT molecular complexity index is 995. The number of para-hydroxylation sites is 1. The van der Waals surface area contributed by atoms with E-state index >= 15 is 0 Å². The minimum absolute atomic E-state index is 0.238. The standard InChI is InChI=1S/C16H10F3NO3S/c17-16(18,19)24(21,22)23-15-7-2-1-5-14(15)13-6-3-4-11-10-20-9-8-12(11)13/h1-10H. The maximum absolute atomic E-state index is 12.6. The van der Waals surface area contributed by atoms with Gasteiger partial charge in [0, 0.05) is 23.3 Å². The van der Waals surface area contributed by atoms with Gasteiger partial charge in [0.15, 0.2) is 5.75 Å². The molecular formula is C16H10F3NO3S. The predicted octanol–water partition coefficient (Wildman–Crippen LogP) is 4.13. The number of halogens is 3. The third kappa shape index (κ3) is 2.92. The van der Waals surface area contributed by atoms with Gasteiger partial charge in [0.1, 0.15) is 0 Å². The Morgan fingerprint density at radius 1 is 0.917 bits per heavy atom. The maximum atomic E-state index is 12.6. The van der Waals surface area contributed by atoms with Crippen LogP contribution in [-0.4, -0.2) is 18.9 Å². The molecule has 4 nitrogen and oxygen atoms in total. The van der Waals surface area contributed by atoms with E-state index in [0.29, 0.717) is 10.9 Å². The number of benzene rings is 2. The van der Waals surface area contributed by atoms with Crippen LogP contribution in [0.25, 0.3) is 21.9 Å². The van der Waals surface area contributed by atoms with Gasteiger partial charge in [-0.2, -0.15) is 21.6 Å². The predicted molar refractivity (Wildman–Crippen MR) is 82.8 cm³/mol. The first kappa shape index (κ1) is 16.3. The molecule has 8 heteroatoms. The third-order valence-electron chi connectivity index (χ3n) is 3.34. The van der Waals surface area contributed by atoms with Crippen molar-refractivity contribution in [3.63, 3.8) is 0 Å². The fourth-order valence-electron chi connectivity index (χ4n) is 2.28. The van der Waals surface area contributed by atoms with Gasteiger partial charge in [0.25, 0.3) is 0 Å². The van der Waals surface area contributed by atoms with Crippen LogP contribution in [0.4, 0.5) is 13.2 Å². The molecule has 3 rings (SSSR count). The van der Waals surface area contributed by atoms with Gasteiger partial charge in [0.2, 0.25) is 0 Å². The molecule has 0 unspecified atom stereocenters. The fraction of sp³-hybridized carbons (Fsp3) is 0.0625.